The number of methoxy groups -OCH3 is 1. The van der Waals surface area contributed by atoms with Gasteiger partial charge in [0.15, 0.2) is 0 Å². The first-order valence-electron chi connectivity index (χ1n) is 8.66. The summed E-state index contributed by atoms with van der Waals surface area (Å²) in [5.41, 5.74) is 6.06. The van der Waals surface area contributed by atoms with Crippen LogP contribution in [0.25, 0.3) is 0 Å². The van der Waals surface area contributed by atoms with Crippen molar-refractivity contribution < 1.29 is 17.9 Å². The van der Waals surface area contributed by atoms with E-state index in [2.05, 4.69) is 10.0 Å². The molecule has 1 aromatic carbocycles. The number of rotatable bonds is 7. The predicted molar refractivity (Wildman–Crippen MR) is 101 cm³/mol. The fourth-order valence-electron chi connectivity index (χ4n) is 3.27. The quantitative estimate of drug-likeness (QED) is 0.637. The van der Waals surface area contributed by atoms with Gasteiger partial charge in [-0.25, -0.2) is 13.1 Å². The lowest BCUT2D eigenvalue weighted by Crippen LogP contribution is -2.40. The van der Waals surface area contributed by atoms with Gasteiger partial charge in [-0.05, 0) is 56.3 Å². The van der Waals surface area contributed by atoms with Gasteiger partial charge in [0, 0.05) is 17.6 Å². The number of hydrogen-bond acceptors (Lipinski definition) is 5. The summed E-state index contributed by atoms with van der Waals surface area (Å²) in [6.07, 6.45) is 4.63. The minimum Gasteiger partial charge on any atom is -0.495 e. The highest BCUT2D eigenvalue weighted by molar-refractivity contribution is 7.89. The van der Waals surface area contributed by atoms with Crippen molar-refractivity contribution in [2.45, 2.75) is 49.1 Å². The van der Waals surface area contributed by atoms with Crippen LogP contribution in [0.4, 0.5) is 0 Å². The normalized spacial score (nSPS) is 22.5. The highest BCUT2D eigenvalue weighted by atomic mass is 35.5. The van der Waals surface area contributed by atoms with E-state index in [0.717, 1.165) is 32.1 Å². The number of halogens is 1. The van der Waals surface area contributed by atoms with Gasteiger partial charge in [-0.3, -0.25) is 4.79 Å². The Morgan fingerprint density at radius 2 is 2.00 bits per heavy atom. The van der Waals surface area contributed by atoms with Gasteiger partial charge in [0.05, 0.1) is 7.11 Å². The number of hydrogen-bond donors (Lipinski definition) is 3. The SMILES string of the molecule is COc1ccc(C(=O)NC2CCCC2CN)cc1S(=O)(=O)NC1CC1.Cl. The van der Waals surface area contributed by atoms with E-state index in [1.165, 1.54) is 19.2 Å². The van der Waals surface area contributed by atoms with E-state index < -0.39 is 10.0 Å². The first-order chi connectivity index (χ1) is 11.9. The standard InChI is InChI=1S/C17H25N3O4S.ClH/c1-24-15-8-5-11(9-16(15)25(22,23)20-13-6-7-13)17(21)19-14-4-2-3-12(14)10-18;/h5,8-9,12-14,20H,2-4,6-7,10,18H2,1H3,(H,19,21);1H. The first kappa shape index (κ1) is 21.0. The maximum Gasteiger partial charge on any atom is 0.251 e. The van der Waals surface area contributed by atoms with Gasteiger partial charge in [-0.1, -0.05) is 6.42 Å². The summed E-state index contributed by atoms with van der Waals surface area (Å²) in [6.45, 7) is 0.540. The molecule has 0 aromatic heterocycles. The van der Waals surface area contributed by atoms with Gasteiger partial charge >= 0.3 is 0 Å². The maximum absolute atomic E-state index is 12.6. The zero-order valence-electron chi connectivity index (χ0n) is 14.7. The fourth-order valence-corrected chi connectivity index (χ4v) is 4.77. The Labute approximate surface area is 160 Å². The Morgan fingerprint density at radius 3 is 2.62 bits per heavy atom. The van der Waals surface area contributed by atoms with Gasteiger partial charge in [0.2, 0.25) is 10.0 Å². The highest BCUT2D eigenvalue weighted by Crippen LogP contribution is 2.29. The zero-order chi connectivity index (χ0) is 18.0. The van der Waals surface area contributed by atoms with Crippen molar-refractivity contribution in [2.75, 3.05) is 13.7 Å². The predicted octanol–water partition coefficient (Wildman–Crippen LogP) is 1.41. The summed E-state index contributed by atoms with van der Waals surface area (Å²) in [7, 11) is -2.30. The van der Waals surface area contributed by atoms with E-state index in [1.54, 1.807) is 6.07 Å². The molecule has 2 aliphatic rings. The van der Waals surface area contributed by atoms with Gasteiger partial charge in [-0.15, -0.1) is 12.4 Å². The smallest absolute Gasteiger partial charge is 0.251 e. The Kier molecular flexibility index (Phi) is 6.90. The molecule has 7 nitrogen and oxygen atoms in total. The lowest BCUT2D eigenvalue weighted by molar-refractivity contribution is 0.0928. The molecule has 0 saturated heterocycles. The molecule has 2 fully saturated rings. The summed E-state index contributed by atoms with van der Waals surface area (Å²) in [5.74, 6) is 0.225. The van der Waals surface area contributed by atoms with E-state index in [-0.39, 0.29) is 47.0 Å². The molecule has 0 heterocycles. The molecule has 0 radical (unpaired) electrons. The van der Waals surface area contributed by atoms with Crippen molar-refractivity contribution in [3.8, 4) is 5.75 Å². The van der Waals surface area contributed by atoms with E-state index >= 15 is 0 Å². The first-order valence-corrected chi connectivity index (χ1v) is 10.1. The van der Waals surface area contributed by atoms with Crippen molar-refractivity contribution in [1.82, 2.24) is 10.0 Å². The van der Waals surface area contributed by atoms with Crippen molar-refractivity contribution in [2.24, 2.45) is 11.7 Å². The van der Waals surface area contributed by atoms with Crippen LogP contribution >= 0.6 is 12.4 Å². The summed E-state index contributed by atoms with van der Waals surface area (Å²) >= 11 is 0. The average Bonchev–Trinajstić information content (AvgIpc) is 3.28. The molecular formula is C17H26ClN3O4S. The van der Waals surface area contributed by atoms with Crippen LogP contribution in [0, 0.1) is 5.92 Å². The molecule has 1 amide bonds. The van der Waals surface area contributed by atoms with Crippen LogP contribution in [0.15, 0.2) is 23.1 Å². The molecule has 2 unspecified atom stereocenters. The van der Waals surface area contributed by atoms with E-state index in [4.69, 9.17) is 10.5 Å². The second kappa shape index (κ2) is 8.56. The molecule has 0 spiro atoms. The van der Waals surface area contributed by atoms with Crippen molar-refractivity contribution in [3.05, 3.63) is 23.8 Å². The molecule has 1 aromatic rings. The molecule has 4 N–H and O–H groups in total. The number of ether oxygens (including phenoxy) is 1. The van der Waals surface area contributed by atoms with Crippen LogP contribution in [-0.4, -0.2) is 40.1 Å². The average molecular weight is 404 g/mol. The molecule has 2 aliphatic carbocycles. The van der Waals surface area contributed by atoms with Gasteiger partial charge in [-0.2, -0.15) is 0 Å². The molecule has 0 aliphatic heterocycles. The van der Waals surface area contributed by atoms with E-state index in [0.29, 0.717) is 12.1 Å². The van der Waals surface area contributed by atoms with Crippen molar-refractivity contribution in [1.29, 1.82) is 0 Å². The van der Waals surface area contributed by atoms with Crippen molar-refractivity contribution >= 4 is 28.3 Å². The zero-order valence-corrected chi connectivity index (χ0v) is 16.4. The van der Waals surface area contributed by atoms with Crippen LogP contribution in [-0.2, 0) is 10.0 Å². The van der Waals surface area contributed by atoms with E-state index in [9.17, 15) is 13.2 Å². The Bertz CT molecular complexity index is 752. The minimum atomic E-state index is -3.71. The number of carbonyl (C=O) groups is 1. The van der Waals surface area contributed by atoms with Gasteiger partial charge in [0.1, 0.15) is 10.6 Å². The third-order valence-electron chi connectivity index (χ3n) is 4.89. The summed E-state index contributed by atoms with van der Waals surface area (Å²) in [4.78, 5) is 12.6. The summed E-state index contributed by atoms with van der Waals surface area (Å²) in [5, 5.41) is 2.99. The van der Waals surface area contributed by atoms with Gasteiger partial charge < -0.3 is 15.8 Å². The lowest BCUT2D eigenvalue weighted by atomic mass is 10.0. The molecular weight excluding hydrogens is 378 g/mol. The maximum atomic E-state index is 12.6. The fraction of sp³-hybridized carbons (Fsp3) is 0.588. The second-order valence-electron chi connectivity index (χ2n) is 6.77. The number of amides is 1. The molecule has 0 bridgehead atoms. The Morgan fingerprint density at radius 1 is 1.27 bits per heavy atom. The molecule has 2 atom stereocenters. The number of nitrogens with one attached hydrogen (secondary N) is 2. The number of carbonyl (C=O) groups excluding carboxylic acids is 1. The second-order valence-corrected chi connectivity index (χ2v) is 8.45. The minimum absolute atomic E-state index is 0. The van der Waals surface area contributed by atoms with E-state index in [1.807, 2.05) is 0 Å². The summed E-state index contributed by atoms with van der Waals surface area (Å²) in [6, 6.07) is 4.51. The molecule has 26 heavy (non-hydrogen) atoms. The monoisotopic (exact) mass is 403 g/mol. The Balaban J connectivity index is 0.00000243. The number of nitrogens with two attached hydrogens (primary N) is 1. The molecule has 146 valence electrons. The third kappa shape index (κ3) is 4.68. The molecule has 9 heteroatoms. The topological polar surface area (TPSA) is 111 Å². The largest absolute Gasteiger partial charge is 0.495 e. The number of benzene rings is 1. The van der Waals surface area contributed by atoms with Crippen LogP contribution in [0.1, 0.15) is 42.5 Å². The number of sulfonamides is 1. The third-order valence-corrected chi connectivity index (χ3v) is 6.43. The van der Waals surface area contributed by atoms with Crippen LogP contribution in [0.5, 0.6) is 5.75 Å². The molecule has 3 rings (SSSR count). The summed E-state index contributed by atoms with van der Waals surface area (Å²) < 4.78 is 32.9. The van der Waals surface area contributed by atoms with Crippen LogP contribution in [0.3, 0.4) is 0 Å². The highest BCUT2D eigenvalue weighted by Gasteiger charge is 2.31. The molecule has 2 saturated carbocycles. The van der Waals surface area contributed by atoms with Crippen LogP contribution < -0.4 is 20.5 Å². The van der Waals surface area contributed by atoms with Gasteiger partial charge in [0.25, 0.3) is 5.91 Å². The van der Waals surface area contributed by atoms with Crippen molar-refractivity contribution in [3.63, 3.8) is 0 Å². The lowest BCUT2D eigenvalue weighted by Gasteiger charge is -2.20. The van der Waals surface area contributed by atoms with Crippen LogP contribution in [0.2, 0.25) is 0 Å². The Hall–Kier alpha value is -1.35.